The van der Waals surface area contributed by atoms with Crippen LogP contribution >= 0.6 is 0 Å². The van der Waals surface area contributed by atoms with Crippen LogP contribution in [0.4, 0.5) is 0 Å². The zero-order chi connectivity index (χ0) is 6.69. The van der Waals surface area contributed by atoms with Crippen LogP contribution < -0.4 is 0 Å². The van der Waals surface area contributed by atoms with E-state index in [2.05, 4.69) is 0 Å². The Balaban J connectivity index is 2.41. The molecule has 0 atom stereocenters. The number of hydrogen-bond donors (Lipinski definition) is 0. The number of ketones is 1. The van der Waals surface area contributed by atoms with Gasteiger partial charge in [0.25, 0.3) is 6.29 Å². The summed E-state index contributed by atoms with van der Waals surface area (Å²) in [7, 11) is 0. The number of rotatable bonds is 2. The van der Waals surface area contributed by atoms with Gasteiger partial charge >= 0.3 is 0 Å². The summed E-state index contributed by atoms with van der Waals surface area (Å²) in [5.41, 5.74) is 0. The van der Waals surface area contributed by atoms with Crippen molar-refractivity contribution in [3.05, 3.63) is 0 Å². The molecule has 2 nitrogen and oxygen atoms in total. The minimum atomic E-state index is -0.326. The van der Waals surface area contributed by atoms with E-state index in [1.165, 1.54) is 6.29 Å². The van der Waals surface area contributed by atoms with Gasteiger partial charge in [-0.05, 0) is 12.8 Å². The van der Waals surface area contributed by atoms with Crippen molar-refractivity contribution in [3.63, 3.8) is 0 Å². The Morgan fingerprint density at radius 3 is 2.33 bits per heavy atom. The molecule has 1 saturated carbocycles. The van der Waals surface area contributed by atoms with Gasteiger partial charge in [-0.1, -0.05) is 12.8 Å². The standard InChI is InChI=1S/C7H9O2/c8-5-7(9)6-3-1-2-4-6/h6H,1-4H2. The fourth-order valence-corrected chi connectivity index (χ4v) is 1.27. The molecular weight excluding hydrogens is 116 g/mol. The van der Waals surface area contributed by atoms with E-state index in [0.29, 0.717) is 0 Å². The lowest BCUT2D eigenvalue weighted by atomic mass is 10.0. The Bertz CT molecular complexity index is 123. The Morgan fingerprint density at radius 1 is 1.33 bits per heavy atom. The van der Waals surface area contributed by atoms with E-state index in [4.69, 9.17) is 0 Å². The Labute approximate surface area is 54.2 Å². The third kappa shape index (κ3) is 1.37. The van der Waals surface area contributed by atoms with Gasteiger partial charge < -0.3 is 0 Å². The van der Waals surface area contributed by atoms with Crippen LogP contribution in [-0.4, -0.2) is 12.1 Å². The van der Waals surface area contributed by atoms with Crippen molar-refractivity contribution >= 4 is 12.1 Å². The van der Waals surface area contributed by atoms with Gasteiger partial charge in [-0.3, -0.25) is 9.59 Å². The van der Waals surface area contributed by atoms with Crippen LogP contribution in [0.1, 0.15) is 25.7 Å². The quantitative estimate of drug-likeness (QED) is 0.513. The molecule has 0 unspecified atom stereocenters. The molecule has 0 heterocycles. The fourth-order valence-electron chi connectivity index (χ4n) is 1.27. The van der Waals surface area contributed by atoms with E-state index in [9.17, 15) is 9.59 Å². The van der Waals surface area contributed by atoms with Crippen molar-refractivity contribution in [1.82, 2.24) is 0 Å². The monoisotopic (exact) mass is 125 g/mol. The molecular formula is C7H9O2. The lowest BCUT2D eigenvalue weighted by molar-refractivity contribution is -0.116. The number of carbonyl (C=O) groups excluding carboxylic acids is 2. The van der Waals surface area contributed by atoms with Crippen molar-refractivity contribution in [2.75, 3.05) is 0 Å². The van der Waals surface area contributed by atoms with Crippen LogP contribution in [0.3, 0.4) is 0 Å². The normalized spacial score (nSPS) is 20.0. The molecule has 1 fully saturated rings. The number of Topliss-reactive ketones (excluding diaryl/α,β-unsaturated/α-hetero) is 1. The van der Waals surface area contributed by atoms with Crippen molar-refractivity contribution in [2.45, 2.75) is 25.7 Å². The topological polar surface area (TPSA) is 34.1 Å². The summed E-state index contributed by atoms with van der Waals surface area (Å²) >= 11 is 0. The molecule has 1 radical (unpaired) electrons. The molecule has 0 aromatic heterocycles. The average molecular weight is 125 g/mol. The summed E-state index contributed by atoms with van der Waals surface area (Å²) in [6.07, 6.45) is 5.40. The molecule has 0 N–H and O–H groups in total. The molecule has 1 aliphatic carbocycles. The minimum Gasteiger partial charge on any atom is -0.290 e. The van der Waals surface area contributed by atoms with Crippen molar-refractivity contribution in [1.29, 1.82) is 0 Å². The molecule has 2 heteroatoms. The summed E-state index contributed by atoms with van der Waals surface area (Å²) < 4.78 is 0. The van der Waals surface area contributed by atoms with E-state index < -0.39 is 0 Å². The predicted octanol–water partition coefficient (Wildman–Crippen LogP) is 0.855. The highest BCUT2D eigenvalue weighted by atomic mass is 16.2. The maximum absolute atomic E-state index is 10.6. The minimum absolute atomic E-state index is 0.0162. The zero-order valence-corrected chi connectivity index (χ0v) is 5.22. The summed E-state index contributed by atoms with van der Waals surface area (Å²) in [4.78, 5) is 20.4. The van der Waals surface area contributed by atoms with Gasteiger partial charge in [0.2, 0.25) is 5.78 Å². The van der Waals surface area contributed by atoms with Gasteiger partial charge in [-0.15, -0.1) is 0 Å². The van der Waals surface area contributed by atoms with Crippen molar-refractivity contribution < 1.29 is 9.59 Å². The van der Waals surface area contributed by atoms with E-state index >= 15 is 0 Å². The molecule has 0 saturated heterocycles. The maximum atomic E-state index is 10.6. The van der Waals surface area contributed by atoms with Crippen LogP contribution in [0.2, 0.25) is 0 Å². The Morgan fingerprint density at radius 2 is 1.89 bits per heavy atom. The average Bonchev–Trinajstić information content (AvgIpc) is 2.37. The molecule has 0 spiro atoms. The molecule has 0 aromatic rings. The van der Waals surface area contributed by atoms with Gasteiger partial charge in [0, 0.05) is 5.92 Å². The van der Waals surface area contributed by atoms with Crippen molar-refractivity contribution in [3.8, 4) is 0 Å². The van der Waals surface area contributed by atoms with Crippen LogP contribution in [0.25, 0.3) is 0 Å². The lowest BCUT2D eigenvalue weighted by Crippen LogP contribution is -2.10. The number of hydrogen-bond acceptors (Lipinski definition) is 2. The summed E-state index contributed by atoms with van der Waals surface area (Å²) in [5.74, 6) is -0.310. The van der Waals surface area contributed by atoms with Gasteiger partial charge in [0.05, 0.1) is 0 Å². The molecule has 1 rings (SSSR count). The van der Waals surface area contributed by atoms with Crippen molar-refractivity contribution in [2.24, 2.45) is 5.92 Å². The summed E-state index contributed by atoms with van der Waals surface area (Å²) in [5, 5.41) is 0. The van der Waals surface area contributed by atoms with E-state index in [0.717, 1.165) is 25.7 Å². The molecule has 0 bridgehead atoms. The molecule has 9 heavy (non-hydrogen) atoms. The summed E-state index contributed by atoms with van der Waals surface area (Å²) in [6, 6.07) is 0. The third-order valence-corrected chi connectivity index (χ3v) is 1.83. The zero-order valence-electron chi connectivity index (χ0n) is 5.22. The van der Waals surface area contributed by atoms with E-state index in [-0.39, 0.29) is 11.7 Å². The Kier molecular flexibility index (Phi) is 1.98. The first kappa shape index (κ1) is 6.46. The second kappa shape index (κ2) is 2.76. The van der Waals surface area contributed by atoms with Crippen LogP contribution in [0.15, 0.2) is 0 Å². The Hall–Kier alpha value is -0.660. The highest BCUT2D eigenvalue weighted by molar-refractivity contribution is 6.26. The van der Waals surface area contributed by atoms with Crippen LogP contribution in [-0.2, 0) is 9.59 Å². The third-order valence-electron chi connectivity index (χ3n) is 1.83. The number of carbonyl (C=O) groups is 1. The lowest BCUT2D eigenvalue weighted by Gasteiger charge is -1.97. The summed E-state index contributed by atoms with van der Waals surface area (Å²) in [6.45, 7) is 0. The first-order chi connectivity index (χ1) is 4.34. The predicted molar refractivity (Wildman–Crippen MR) is 32.7 cm³/mol. The maximum Gasteiger partial charge on any atom is 0.272 e. The van der Waals surface area contributed by atoms with Crippen LogP contribution in [0.5, 0.6) is 0 Å². The first-order valence-electron chi connectivity index (χ1n) is 3.26. The van der Waals surface area contributed by atoms with Gasteiger partial charge in [-0.2, -0.15) is 0 Å². The van der Waals surface area contributed by atoms with Crippen LogP contribution in [0, 0.1) is 5.92 Å². The van der Waals surface area contributed by atoms with E-state index in [1.807, 2.05) is 0 Å². The van der Waals surface area contributed by atoms with Gasteiger partial charge in [0.15, 0.2) is 0 Å². The van der Waals surface area contributed by atoms with Gasteiger partial charge in [-0.25, -0.2) is 0 Å². The molecule has 1 aliphatic rings. The fraction of sp³-hybridized carbons (Fsp3) is 0.714. The highest BCUT2D eigenvalue weighted by Gasteiger charge is 2.21. The largest absolute Gasteiger partial charge is 0.290 e. The second-order valence-electron chi connectivity index (χ2n) is 2.45. The van der Waals surface area contributed by atoms with Gasteiger partial charge in [0.1, 0.15) is 0 Å². The SMILES string of the molecule is O=[C]C(=O)C1CCCC1. The smallest absolute Gasteiger partial charge is 0.272 e. The molecule has 0 aromatic carbocycles. The molecule has 49 valence electrons. The van der Waals surface area contributed by atoms with E-state index in [1.54, 1.807) is 0 Å². The molecule has 0 aliphatic heterocycles. The molecule has 0 amide bonds. The highest BCUT2D eigenvalue weighted by Crippen LogP contribution is 2.24. The second-order valence-corrected chi connectivity index (χ2v) is 2.45. The first-order valence-corrected chi connectivity index (χ1v) is 3.26.